The third-order valence-electron chi connectivity index (χ3n) is 2.37. The average molecular weight is 232 g/mol. The van der Waals surface area contributed by atoms with E-state index in [0.29, 0.717) is 23.4 Å². The fourth-order valence-electron chi connectivity index (χ4n) is 1.59. The molecule has 5 nitrogen and oxygen atoms in total. The van der Waals surface area contributed by atoms with Crippen LogP contribution >= 0.6 is 0 Å². The van der Waals surface area contributed by atoms with Crippen molar-refractivity contribution < 1.29 is 4.42 Å². The van der Waals surface area contributed by atoms with Gasteiger partial charge in [-0.2, -0.15) is 0 Å². The molecule has 5 heteroatoms. The lowest BCUT2D eigenvalue weighted by Crippen LogP contribution is -2.13. The van der Waals surface area contributed by atoms with Crippen LogP contribution in [-0.4, -0.2) is 15.2 Å². The summed E-state index contributed by atoms with van der Waals surface area (Å²) >= 11 is 0. The number of nitrogens with zero attached hydrogens (tertiary/aromatic N) is 3. The Kier molecular flexibility index (Phi) is 3.49. The monoisotopic (exact) mass is 232 g/mol. The second-order valence-electron chi connectivity index (χ2n) is 4.40. The maximum Gasteiger partial charge on any atom is 0.266 e. The maximum atomic E-state index is 5.97. The van der Waals surface area contributed by atoms with Gasteiger partial charge in [0, 0.05) is 6.20 Å². The molecule has 0 aromatic carbocycles. The second kappa shape index (κ2) is 5.05. The van der Waals surface area contributed by atoms with Crippen molar-refractivity contribution in [3.8, 4) is 11.6 Å². The third-order valence-corrected chi connectivity index (χ3v) is 2.37. The predicted molar refractivity (Wildman–Crippen MR) is 63.9 cm³/mol. The van der Waals surface area contributed by atoms with Crippen LogP contribution in [0.2, 0.25) is 0 Å². The molecule has 2 aromatic heterocycles. The van der Waals surface area contributed by atoms with Crippen LogP contribution in [0.3, 0.4) is 0 Å². The largest absolute Gasteiger partial charge is 0.418 e. The molecular weight excluding hydrogens is 216 g/mol. The molecule has 1 unspecified atom stereocenters. The van der Waals surface area contributed by atoms with Crippen molar-refractivity contribution in [2.24, 2.45) is 11.7 Å². The molecule has 90 valence electrons. The smallest absolute Gasteiger partial charge is 0.266 e. The molecule has 2 rings (SSSR count). The predicted octanol–water partition coefficient (Wildman–Crippen LogP) is 2.18. The summed E-state index contributed by atoms with van der Waals surface area (Å²) in [4.78, 5) is 4.15. The molecule has 0 saturated carbocycles. The van der Waals surface area contributed by atoms with Gasteiger partial charge in [0.15, 0.2) is 0 Å². The summed E-state index contributed by atoms with van der Waals surface area (Å²) < 4.78 is 5.52. The lowest BCUT2D eigenvalue weighted by atomic mass is 10.1. The lowest BCUT2D eigenvalue weighted by Gasteiger charge is -2.08. The zero-order valence-corrected chi connectivity index (χ0v) is 10.00. The molecule has 0 fully saturated rings. The highest BCUT2D eigenvalue weighted by atomic mass is 16.4. The molecule has 0 aliphatic rings. The summed E-state index contributed by atoms with van der Waals surface area (Å²) in [6.07, 6.45) is 2.51. The van der Waals surface area contributed by atoms with Crippen LogP contribution in [0, 0.1) is 5.92 Å². The quantitative estimate of drug-likeness (QED) is 0.874. The minimum atomic E-state index is -0.208. The van der Waals surface area contributed by atoms with Gasteiger partial charge in [-0.05, 0) is 24.5 Å². The summed E-state index contributed by atoms with van der Waals surface area (Å²) in [5.74, 6) is 1.38. The van der Waals surface area contributed by atoms with Gasteiger partial charge in [-0.1, -0.05) is 19.9 Å². The molecule has 0 bridgehead atoms. The zero-order chi connectivity index (χ0) is 12.3. The number of nitrogens with two attached hydrogens (primary N) is 1. The van der Waals surface area contributed by atoms with E-state index < -0.39 is 0 Å². The summed E-state index contributed by atoms with van der Waals surface area (Å²) in [5, 5.41) is 7.92. The average Bonchev–Trinajstić information content (AvgIpc) is 2.78. The SMILES string of the molecule is CC(C)CC(N)c1nnc(-c2ccccn2)o1. The van der Waals surface area contributed by atoms with E-state index in [1.807, 2.05) is 18.2 Å². The number of rotatable bonds is 4. The van der Waals surface area contributed by atoms with E-state index in [1.54, 1.807) is 6.20 Å². The molecule has 1 atom stereocenters. The van der Waals surface area contributed by atoms with Crippen molar-refractivity contribution in [3.63, 3.8) is 0 Å². The molecule has 0 aliphatic carbocycles. The first kappa shape index (κ1) is 11.7. The van der Waals surface area contributed by atoms with Crippen LogP contribution in [0.15, 0.2) is 28.8 Å². The van der Waals surface area contributed by atoms with Gasteiger partial charge in [0.25, 0.3) is 5.89 Å². The van der Waals surface area contributed by atoms with Crippen LogP contribution in [0.1, 0.15) is 32.2 Å². The van der Waals surface area contributed by atoms with Crippen molar-refractivity contribution in [1.82, 2.24) is 15.2 Å². The molecule has 2 aromatic rings. The lowest BCUT2D eigenvalue weighted by molar-refractivity contribution is 0.407. The molecule has 0 saturated heterocycles. The fourth-order valence-corrected chi connectivity index (χ4v) is 1.59. The first-order chi connectivity index (χ1) is 8.16. The number of hydrogen-bond donors (Lipinski definition) is 1. The number of aromatic nitrogens is 3. The van der Waals surface area contributed by atoms with E-state index in [-0.39, 0.29) is 6.04 Å². The van der Waals surface area contributed by atoms with E-state index in [9.17, 15) is 0 Å². The summed E-state index contributed by atoms with van der Waals surface area (Å²) in [7, 11) is 0. The summed E-state index contributed by atoms with van der Waals surface area (Å²) in [6, 6.07) is 5.33. The minimum absolute atomic E-state index is 0.208. The molecule has 2 N–H and O–H groups in total. The van der Waals surface area contributed by atoms with Gasteiger partial charge < -0.3 is 10.2 Å². The normalized spacial score (nSPS) is 12.9. The Labute approximate surface area is 100 Å². The fraction of sp³-hybridized carbons (Fsp3) is 0.417. The number of hydrogen-bond acceptors (Lipinski definition) is 5. The van der Waals surface area contributed by atoms with Gasteiger partial charge in [0.05, 0.1) is 6.04 Å². The third kappa shape index (κ3) is 2.88. The Hall–Kier alpha value is -1.75. The van der Waals surface area contributed by atoms with Gasteiger partial charge >= 0.3 is 0 Å². The Morgan fingerprint density at radius 3 is 2.76 bits per heavy atom. The van der Waals surface area contributed by atoms with Crippen molar-refractivity contribution in [2.45, 2.75) is 26.3 Å². The van der Waals surface area contributed by atoms with Crippen molar-refractivity contribution in [3.05, 3.63) is 30.3 Å². The Balaban J connectivity index is 2.16. The van der Waals surface area contributed by atoms with Crippen molar-refractivity contribution >= 4 is 0 Å². The Morgan fingerprint density at radius 1 is 1.29 bits per heavy atom. The van der Waals surface area contributed by atoms with Crippen LogP contribution < -0.4 is 5.73 Å². The Bertz CT molecular complexity index is 466. The first-order valence-corrected chi connectivity index (χ1v) is 5.67. The molecule has 0 spiro atoms. The highest BCUT2D eigenvalue weighted by Gasteiger charge is 2.16. The van der Waals surface area contributed by atoms with Gasteiger partial charge in [0.2, 0.25) is 5.89 Å². The second-order valence-corrected chi connectivity index (χ2v) is 4.40. The molecule has 0 aliphatic heterocycles. The van der Waals surface area contributed by atoms with Gasteiger partial charge in [-0.15, -0.1) is 10.2 Å². The minimum Gasteiger partial charge on any atom is -0.418 e. The number of pyridine rings is 1. The standard InChI is InChI=1S/C12H16N4O/c1-8(2)7-9(13)11-15-16-12(17-11)10-5-3-4-6-14-10/h3-6,8-9H,7,13H2,1-2H3. The molecular formula is C12H16N4O. The van der Waals surface area contributed by atoms with Crippen LogP contribution in [0.5, 0.6) is 0 Å². The topological polar surface area (TPSA) is 77.8 Å². The van der Waals surface area contributed by atoms with Crippen LogP contribution in [0.4, 0.5) is 0 Å². The molecule has 2 heterocycles. The summed E-state index contributed by atoms with van der Waals surface area (Å²) in [6.45, 7) is 4.21. The van der Waals surface area contributed by atoms with E-state index >= 15 is 0 Å². The molecule has 0 radical (unpaired) electrons. The van der Waals surface area contributed by atoms with Crippen LogP contribution in [-0.2, 0) is 0 Å². The summed E-state index contributed by atoms with van der Waals surface area (Å²) in [5.41, 5.74) is 6.64. The zero-order valence-electron chi connectivity index (χ0n) is 10.00. The van der Waals surface area contributed by atoms with Gasteiger partial charge in [-0.3, -0.25) is 4.98 Å². The van der Waals surface area contributed by atoms with E-state index in [0.717, 1.165) is 6.42 Å². The highest BCUT2D eigenvalue weighted by molar-refractivity contribution is 5.44. The molecule has 17 heavy (non-hydrogen) atoms. The van der Waals surface area contributed by atoms with E-state index in [4.69, 9.17) is 10.2 Å². The Morgan fingerprint density at radius 2 is 2.12 bits per heavy atom. The van der Waals surface area contributed by atoms with Crippen molar-refractivity contribution in [1.29, 1.82) is 0 Å². The highest BCUT2D eigenvalue weighted by Crippen LogP contribution is 2.21. The van der Waals surface area contributed by atoms with Crippen LogP contribution in [0.25, 0.3) is 11.6 Å². The van der Waals surface area contributed by atoms with Gasteiger partial charge in [-0.25, -0.2) is 0 Å². The van der Waals surface area contributed by atoms with Crippen molar-refractivity contribution in [2.75, 3.05) is 0 Å². The van der Waals surface area contributed by atoms with E-state index in [1.165, 1.54) is 0 Å². The van der Waals surface area contributed by atoms with E-state index in [2.05, 4.69) is 29.0 Å². The molecule has 0 amide bonds. The maximum absolute atomic E-state index is 5.97. The van der Waals surface area contributed by atoms with Gasteiger partial charge in [0.1, 0.15) is 5.69 Å². The first-order valence-electron chi connectivity index (χ1n) is 5.67.